The van der Waals surface area contributed by atoms with E-state index in [2.05, 4.69) is 27.5 Å². The first-order valence-electron chi connectivity index (χ1n) is 6.04. The molecule has 0 radical (unpaired) electrons. The van der Waals surface area contributed by atoms with Gasteiger partial charge in [-0.3, -0.25) is 4.68 Å². The van der Waals surface area contributed by atoms with Crippen molar-refractivity contribution in [1.82, 2.24) is 20.3 Å². The van der Waals surface area contributed by atoms with Gasteiger partial charge >= 0.3 is 0 Å². The van der Waals surface area contributed by atoms with Gasteiger partial charge in [-0.2, -0.15) is 0 Å². The molecule has 0 unspecified atom stereocenters. The summed E-state index contributed by atoms with van der Waals surface area (Å²) in [7, 11) is 0. The third kappa shape index (κ3) is 4.40. The molecule has 1 heterocycles. The van der Waals surface area contributed by atoms with Crippen molar-refractivity contribution in [3.05, 3.63) is 48.3 Å². The average molecular weight is 240 g/mol. The Balaban J connectivity index is 1.58. The van der Waals surface area contributed by atoms with Gasteiger partial charge in [0.25, 0.3) is 0 Å². The monoisotopic (exact) mass is 240 g/mol. The molecule has 0 aliphatic heterocycles. The lowest BCUT2D eigenvalue weighted by molar-refractivity contribution is 0.541. The SMILES string of the molecule is C(#Cc1ccccc1)CNCCCn1ccnn1. The summed E-state index contributed by atoms with van der Waals surface area (Å²) in [6, 6.07) is 10.0. The van der Waals surface area contributed by atoms with E-state index < -0.39 is 0 Å². The standard InChI is InChI=1S/C14H16N4/c1-2-6-14(7-3-1)8-4-9-15-10-5-12-18-13-11-16-17-18/h1-3,6-7,11,13,15H,5,9-10,12H2. The fourth-order valence-electron chi connectivity index (χ4n) is 1.54. The van der Waals surface area contributed by atoms with Gasteiger partial charge in [0.05, 0.1) is 12.7 Å². The Morgan fingerprint density at radius 1 is 1.22 bits per heavy atom. The average Bonchev–Trinajstić information content (AvgIpc) is 2.92. The molecule has 2 rings (SSSR count). The van der Waals surface area contributed by atoms with Crippen LogP contribution in [0.1, 0.15) is 12.0 Å². The Hall–Kier alpha value is -2.12. The van der Waals surface area contributed by atoms with E-state index >= 15 is 0 Å². The lowest BCUT2D eigenvalue weighted by Gasteiger charge is -2.00. The number of aromatic nitrogens is 3. The number of nitrogens with one attached hydrogen (secondary N) is 1. The molecule has 0 saturated heterocycles. The molecule has 0 saturated carbocycles. The number of nitrogens with zero attached hydrogens (tertiary/aromatic N) is 3. The topological polar surface area (TPSA) is 42.7 Å². The molecule has 18 heavy (non-hydrogen) atoms. The zero-order valence-electron chi connectivity index (χ0n) is 10.2. The van der Waals surface area contributed by atoms with E-state index in [1.165, 1.54) is 0 Å². The molecule has 2 aromatic rings. The van der Waals surface area contributed by atoms with E-state index in [0.29, 0.717) is 6.54 Å². The van der Waals surface area contributed by atoms with Crippen LogP contribution < -0.4 is 5.32 Å². The highest BCUT2D eigenvalue weighted by molar-refractivity contribution is 5.33. The first-order valence-corrected chi connectivity index (χ1v) is 6.04. The van der Waals surface area contributed by atoms with Crippen LogP contribution in [0.5, 0.6) is 0 Å². The molecule has 0 aliphatic carbocycles. The number of hydrogen-bond donors (Lipinski definition) is 1. The Bertz CT molecular complexity index is 494. The highest BCUT2D eigenvalue weighted by atomic mass is 15.4. The second-order valence-electron chi connectivity index (χ2n) is 3.86. The minimum Gasteiger partial charge on any atom is -0.306 e. The molecule has 4 nitrogen and oxygen atoms in total. The van der Waals surface area contributed by atoms with Crippen LogP contribution in [0.15, 0.2) is 42.7 Å². The Morgan fingerprint density at radius 2 is 2.11 bits per heavy atom. The highest BCUT2D eigenvalue weighted by Gasteiger charge is 1.90. The molecule has 1 aromatic carbocycles. The van der Waals surface area contributed by atoms with Crippen LogP contribution >= 0.6 is 0 Å². The van der Waals surface area contributed by atoms with E-state index in [1.807, 2.05) is 41.2 Å². The number of hydrogen-bond acceptors (Lipinski definition) is 3. The van der Waals surface area contributed by atoms with Gasteiger partial charge in [0.15, 0.2) is 0 Å². The van der Waals surface area contributed by atoms with Crippen molar-refractivity contribution in [3.63, 3.8) is 0 Å². The summed E-state index contributed by atoms with van der Waals surface area (Å²) < 4.78 is 1.83. The van der Waals surface area contributed by atoms with E-state index in [1.54, 1.807) is 6.20 Å². The fourth-order valence-corrected chi connectivity index (χ4v) is 1.54. The van der Waals surface area contributed by atoms with Crippen molar-refractivity contribution in [3.8, 4) is 11.8 Å². The Kier molecular flexibility index (Phi) is 4.97. The summed E-state index contributed by atoms with van der Waals surface area (Å²) in [4.78, 5) is 0. The number of aryl methyl sites for hydroxylation is 1. The molecule has 1 N–H and O–H groups in total. The zero-order chi connectivity index (χ0) is 12.5. The van der Waals surface area contributed by atoms with Gasteiger partial charge in [-0.25, -0.2) is 0 Å². The van der Waals surface area contributed by atoms with Gasteiger partial charge < -0.3 is 5.32 Å². The quantitative estimate of drug-likeness (QED) is 0.633. The molecule has 0 fully saturated rings. The molecule has 0 spiro atoms. The smallest absolute Gasteiger partial charge is 0.0692 e. The van der Waals surface area contributed by atoms with Gasteiger partial charge in [0.1, 0.15) is 0 Å². The molecular formula is C14H16N4. The van der Waals surface area contributed by atoms with Gasteiger partial charge in [0.2, 0.25) is 0 Å². The molecule has 1 aromatic heterocycles. The van der Waals surface area contributed by atoms with E-state index in [4.69, 9.17) is 0 Å². The molecule has 0 amide bonds. The van der Waals surface area contributed by atoms with Gasteiger partial charge in [-0.05, 0) is 25.1 Å². The van der Waals surface area contributed by atoms with Crippen LogP contribution in [-0.2, 0) is 6.54 Å². The van der Waals surface area contributed by atoms with Crippen LogP contribution in [0.25, 0.3) is 0 Å². The molecule has 0 aliphatic rings. The minimum atomic E-state index is 0.715. The van der Waals surface area contributed by atoms with Crippen LogP contribution in [-0.4, -0.2) is 28.1 Å². The van der Waals surface area contributed by atoms with Crippen LogP contribution in [0.3, 0.4) is 0 Å². The summed E-state index contributed by atoms with van der Waals surface area (Å²) in [6.07, 6.45) is 4.59. The van der Waals surface area contributed by atoms with Crippen molar-refractivity contribution in [2.75, 3.05) is 13.1 Å². The Morgan fingerprint density at radius 3 is 2.89 bits per heavy atom. The second-order valence-corrected chi connectivity index (χ2v) is 3.86. The summed E-state index contributed by atoms with van der Waals surface area (Å²) in [5.74, 6) is 6.21. The van der Waals surface area contributed by atoms with E-state index in [0.717, 1.165) is 25.1 Å². The molecule has 0 bridgehead atoms. The van der Waals surface area contributed by atoms with Crippen LogP contribution in [0.4, 0.5) is 0 Å². The third-order valence-electron chi connectivity index (χ3n) is 2.43. The third-order valence-corrected chi connectivity index (χ3v) is 2.43. The van der Waals surface area contributed by atoms with Crippen molar-refractivity contribution >= 4 is 0 Å². The number of benzene rings is 1. The Labute approximate surface area is 107 Å². The fraction of sp³-hybridized carbons (Fsp3) is 0.286. The predicted octanol–water partition coefficient (Wildman–Crippen LogP) is 1.31. The first kappa shape index (κ1) is 12.3. The zero-order valence-corrected chi connectivity index (χ0v) is 10.2. The lowest BCUT2D eigenvalue weighted by Crippen LogP contribution is -2.17. The van der Waals surface area contributed by atoms with Crippen LogP contribution in [0.2, 0.25) is 0 Å². The highest BCUT2D eigenvalue weighted by Crippen LogP contribution is 1.94. The van der Waals surface area contributed by atoms with Gasteiger partial charge in [0, 0.05) is 18.3 Å². The van der Waals surface area contributed by atoms with E-state index in [9.17, 15) is 0 Å². The maximum Gasteiger partial charge on any atom is 0.0692 e. The lowest BCUT2D eigenvalue weighted by atomic mass is 10.2. The van der Waals surface area contributed by atoms with Crippen molar-refractivity contribution in [2.24, 2.45) is 0 Å². The van der Waals surface area contributed by atoms with E-state index in [-0.39, 0.29) is 0 Å². The van der Waals surface area contributed by atoms with Crippen molar-refractivity contribution in [2.45, 2.75) is 13.0 Å². The maximum atomic E-state index is 3.90. The first-order chi connectivity index (χ1) is 8.95. The summed E-state index contributed by atoms with van der Waals surface area (Å²) >= 11 is 0. The normalized spacial score (nSPS) is 9.78. The summed E-state index contributed by atoms with van der Waals surface area (Å²) in [5.41, 5.74) is 1.06. The molecule has 92 valence electrons. The molecular weight excluding hydrogens is 224 g/mol. The summed E-state index contributed by atoms with van der Waals surface area (Å²) in [5, 5.41) is 10.9. The predicted molar refractivity (Wildman–Crippen MR) is 70.8 cm³/mol. The summed E-state index contributed by atoms with van der Waals surface area (Å²) in [6.45, 7) is 2.54. The molecule has 0 atom stereocenters. The van der Waals surface area contributed by atoms with Crippen molar-refractivity contribution < 1.29 is 0 Å². The number of rotatable bonds is 5. The van der Waals surface area contributed by atoms with Crippen molar-refractivity contribution in [1.29, 1.82) is 0 Å². The maximum absolute atomic E-state index is 3.90. The largest absolute Gasteiger partial charge is 0.306 e. The van der Waals surface area contributed by atoms with Gasteiger partial charge in [-0.15, -0.1) is 5.10 Å². The molecule has 4 heteroatoms. The minimum absolute atomic E-state index is 0.715. The van der Waals surface area contributed by atoms with Gasteiger partial charge in [-0.1, -0.05) is 35.3 Å². The second kappa shape index (κ2) is 7.25. The van der Waals surface area contributed by atoms with Crippen LogP contribution in [0, 0.1) is 11.8 Å².